The van der Waals surface area contributed by atoms with Crippen molar-refractivity contribution in [1.29, 1.82) is 0 Å². The first-order valence-corrected chi connectivity index (χ1v) is 8.05. The summed E-state index contributed by atoms with van der Waals surface area (Å²) in [6.45, 7) is 5.32. The van der Waals surface area contributed by atoms with Gasteiger partial charge in [-0.05, 0) is 25.0 Å². The van der Waals surface area contributed by atoms with Crippen molar-refractivity contribution in [2.45, 2.75) is 26.2 Å². The van der Waals surface area contributed by atoms with Crippen molar-refractivity contribution in [1.82, 2.24) is 14.9 Å². The summed E-state index contributed by atoms with van der Waals surface area (Å²) in [5, 5.41) is 0. The number of hydrogen-bond donors (Lipinski definition) is 1. The molecule has 0 radical (unpaired) electrons. The lowest BCUT2D eigenvalue weighted by atomic mass is 10.1. The van der Waals surface area contributed by atoms with E-state index < -0.39 is 0 Å². The van der Waals surface area contributed by atoms with Crippen LogP contribution < -0.4 is 0 Å². The lowest BCUT2D eigenvalue weighted by molar-refractivity contribution is -0.129. The molecule has 0 aliphatic carbocycles. The Kier molecular flexibility index (Phi) is 4.73. The summed E-state index contributed by atoms with van der Waals surface area (Å²) in [6, 6.07) is 7.85. The molecule has 1 aromatic carbocycles. The van der Waals surface area contributed by atoms with Crippen molar-refractivity contribution in [2.75, 3.05) is 26.3 Å². The van der Waals surface area contributed by atoms with Crippen LogP contribution in [0.4, 0.5) is 0 Å². The number of ether oxygens (including phenoxy) is 1. The lowest BCUT2D eigenvalue weighted by Gasteiger charge is -2.16. The van der Waals surface area contributed by atoms with Crippen molar-refractivity contribution in [3.63, 3.8) is 0 Å². The van der Waals surface area contributed by atoms with Gasteiger partial charge in [0, 0.05) is 25.6 Å². The average Bonchev–Trinajstić information content (AvgIpc) is 3.13. The molecule has 1 aromatic heterocycles. The average molecular weight is 301 g/mol. The van der Waals surface area contributed by atoms with Gasteiger partial charge in [-0.2, -0.15) is 0 Å². The number of para-hydroxylation sites is 2. The van der Waals surface area contributed by atoms with Crippen LogP contribution in [0.1, 0.15) is 25.6 Å². The van der Waals surface area contributed by atoms with Gasteiger partial charge >= 0.3 is 0 Å². The van der Waals surface area contributed by atoms with Gasteiger partial charge in [-0.1, -0.05) is 19.1 Å². The minimum Gasteiger partial charge on any atom is -0.381 e. The second-order valence-electron chi connectivity index (χ2n) is 5.95. The predicted octanol–water partition coefficient (Wildman–Crippen LogP) is 2.38. The number of imidazole rings is 1. The van der Waals surface area contributed by atoms with Gasteiger partial charge in [0.2, 0.25) is 5.91 Å². The topological polar surface area (TPSA) is 58.2 Å². The number of rotatable bonds is 6. The highest BCUT2D eigenvalue weighted by atomic mass is 16.5. The maximum Gasteiger partial charge on any atom is 0.230 e. The first kappa shape index (κ1) is 15.0. The molecule has 3 rings (SSSR count). The quantitative estimate of drug-likeness (QED) is 0.833. The van der Waals surface area contributed by atoms with Crippen LogP contribution >= 0.6 is 0 Å². The molecule has 1 aliphatic heterocycles. The molecule has 5 heteroatoms. The zero-order chi connectivity index (χ0) is 15.4. The number of amides is 1. The molecule has 0 saturated carbocycles. The highest BCUT2D eigenvalue weighted by molar-refractivity contribution is 5.80. The summed E-state index contributed by atoms with van der Waals surface area (Å²) in [6.07, 6.45) is 2.42. The predicted molar refractivity (Wildman–Crippen MR) is 85.6 cm³/mol. The van der Waals surface area contributed by atoms with Gasteiger partial charge < -0.3 is 14.6 Å². The monoisotopic (exact) mass is 301 g/mol. The molecule has 1 fully saturated rings. The maximum absolute atomic E-state index is 12.4. The first-order chi connectivity index (χ1) is 10.8. The lowest BCUT2D eigenvalue weighted by Crippen LogP contribution is -2.31. The van der Waals surface area contributed by atoms with Crippen molar-refractivity contribution < 1.29 is 9.53 Å². The Labute approximate surface area is 130 Å². The van der Waals surface area contributed by atoms with E-state index in [-0.39, 0.29) is 5.91 Å². The number of benzene rings is 1. The van der Waals surface area contributed by atoms with Gasteiger partial charge in [0.05, 0.1) is 24.1 Å². The van der Waals surface area contributed by atoms with E-state index in [1.807, 2.05) is 29.2 Å². The zero-order valence-corrected chi connectivity index (χ0v) is 13.0. The Hall–Kier alpha value is -1.88. The number of carbonyl (C=O) groups is 1. The smallest absolute Gasteiger partial charge is 0.230 e. The normalized spacial score (nSPS) is 18.2. The number of carbonyl (C=O) groups excluding carboxylic acids is 1. The second-order valence-corrected chi connectivity index (χ2v) is 5.95. The molecule has 2 aromatic rings. The Morgan fingerprint density at radius 1 is 1.45 bits per heavy atom. The van der Waals surface area contributed by atoms with Gasteiger partial charge in [-0.25, -0.2) is 4.98 Å². The summed E-state index contributed by atoms with van der Waals surface area (Å²) in [4.78, 5) is 22.0. The number of H-pyrrole nitrogens is 1. The summed E-state index contributed by atoms with van der Waals surface area (Å²) in [5.74, 6) is 1.38. The van der Waals surface area contributed by atoms with Gasteiger partial charge in [0.15, 0.2) is 0 Å². The third kappa shape index (κ3) is 3.47. The van der Waals surface area contributed by atoms with Crippen LogP contribution in [0.15, 0.2) is 24.3 Å². The van der Waals surface area contributed by atoms with Crippen molar-refractivity contribution in [2.24, 2.45) is 5.92 Å². The number of likely N-dealkylation sites (tertiary alicyclic amines) is 1. The molecular formula is C17H23N3O2. The first-order valence-electron chi connectivity index (χ1n) is 8.05. The van der Waals surface area contributed by atoms with Crippen molar-refractivity contribution in [3.8, 4) is 0 Å². The fraction of sp³-hybridized carbons (Fsp3) is 0.529. The van der Waals surface area contributed by atoms with E-state index in [9.17, 15) is 4.79 Å². The highest BCUT2D eigenvalue weighted by Crippen LogP contribution is 2.18. The van der Waals surface area contributed by atoms with Gasteiger partial charge in [-0.15, -0.1) is 0 Å². The van der Waals surface area contributed by atoms with Gasteiger partial charge in [-0.3, -0.25) is 4.79 Å². The SMILES string of the molecule is CCCOCC1CCN(C(=O)Cc2nc3ccccc3[nH]2)C1. The third-order valence-electron chi connectivity index (χ3n) is 4.10. The highest BCUT2D eigenvalue weighted by Gasteiger charge is 2.26. The summed E-state index contributed by atoms with van der Waals surface area (Å²) >= 11 is 0. The molecule has 0 spiro atoms. The summed E-state index contributed by atoms with van der Waals surface area (Å²) < 4.78 is 5.60. The Balaban J connectivity index is 1.54. The van der Waals surface area contributed by atoms with Crippen molar-refractivity contribution in [3.05, 3.63) is 30.1 Å². The van der Waals surface area contributed by atoms with Crippen LogP contribution in [0.2, 0.25) is 0 Å². The molecule has 22 heavy (non-hydrogen) atoms. The van der Waals surface area contributed by atoms with E-state index >= 15 is 0 Å². The fourth-order valence-electron chi connectivity index (χ4n) is 2.93. The summed E-state index contributed by atoms with van der Waals surface area (Å²) in [5.41, 5.74) is 1.90. The zero-order valence-electron chi connectivity index (χ0n) is 13.0. The van der Waals surface area contributed by atoms with E-state index in [4.69, 9.17) is 4.74 Å². The van der Waals surface area contributed by atoms with Crippen LogP contribution in [0.5, 0.6) is 0 Å². The molecule has 1 unspecified atom stereocenters. The fourth-order valence-corrected chi connectivity index (χ4v) is 2.93. The number of aromatic amines is 1. The van der Waals surface area contributed by atoms with Gasteiger partial charge in [0.1, 0.15) is 5.82 Å². The molecule has 2 heterocycles. The second kappa shape index (κ2) is 6.92. The molecule has 1 saturated heterocycles. The molecule has 0 bridgehead atoms. The van der Waals surface area contributed by atoms with E-state index in [0.29, 0.717) is 12.3 Å². The van der Waals surface area contributed by atoms with Crippen LogP contribution in [-0.2, 0) is 16.0 Å². The minimum absolute atomic E-state index is 0.150. The van der Waals surface area contributed by atoms with Crippen LogP contribution in [0, 0.1) is 5.92 Å². The third-order valence-corrected chi connectivity index (χ3v) is 4.10. The molecule has 1 amide bonds. The number of aromatic nitrogens is 2. The standard InChI is InChI=1S/C17H23N3O2/c1-2-9-22-12-13-7-8-20(11-13)17(21)10-16-18-14-5-3-4-6-15(14)19-16/h3-6,13H,2,7-12H2,1H3,(H,18,19). The largest absolute Gasteiger partial charge is 0.381 e. The molecular weight excluding hydrogens is 278 g/mol. The molecule has 1 N–H and O–H groups in total. The van der Waals surface area contributed by atoms with Crippen molar-refractivity contribution >= 4 is 16.9 Å². The van der Waals surface area contributed by atoms with Crippen LogP contribution in [0.3, 0.4) is 0 Å². The Bertz CT molecular complexity index is 605. The van der Waals surface area contributed by atoms with Crippen LogP contribution in [0.25, 0.3) is 11.0 Å². The Morgan fingerprint density at radius 3 is 3.14 bits per heavy atom. The molecule has 5 nitrogen and oxygen atoms in total. The minimum atomic E-state index is 0.150. The van der Waals surface area contributed by atoms with Crippen LogP contribution in [-0.4, -0.2) is 47.1 Å². The Morgan fingerprint density at radius 2 is 2.32 bits per heavy atom. The summed E-state index contributed by atoms with van der Waals surface area (Å²) in [7, 11) is 0. The number of hydrogen-bond acceptors (Lipinski definition) is 3. The molecule has 118 valence electrons. The van der Waals surface area contributed by atoms with E-state index in [1.165, 1.54) is 0 Å². The van der Waals surface area contributed by atoms with Gasteiger partial charge in [0.25, 0.3) is 0 Å². The molecule has 1 aliphatic rings. The number of nitrogens with one attached hydrogen (secondary N) is 1. The number of fused-ring (bicyclic) bond motifs is 1. The van der Waals surface area contributed by atoms with E-state index in [2.05, 4.69) is 16.9 Å². The molecule has 1 atom stereocenters. The number of nitrogens with zero attached hydrogens (tertiary/aromatic N) is 2. The van der Waals surface area contributed by atoms with E-state index in [1.54, 1.807) is 0 Å². The van der Waals surface area contributed by atoms with E-state index in [0.717, 1.165) is 56.0 Å². The maximum atomic E-state index is 12.4.